The first kappa shape index (κ1) is 11.4. The maximum Gasteiger partial charge on any atom is 0.321 e. The predicted molar refractivity (Wildman–Crippen MR) is 66.4 cm³/mol. The Labute approximate surface area is 103 Å². The van der Waals surface area contributed by atoms with Gasteiger partial charge in [0.15, 0.2) is 0 Å². The number of piperidine rings is 1. The van der Waals surface area contributed by atoms with Crippen molar-refractivity contribution in [3.05, 3.63) is 22.9 Å². The maximum atomic E-state index is 11.9. The second-order valence-electron chi connectivity index (χ2n) is 3.83. The van der Waals surface area contributed by atoms with Gasteiger partial charge in [-0.15, -0.1) is 0 Å². The number of hydrogen-bond acceptors (Lipinski definition) is 2. The van der Waals surface area contributed by atoms with Gasteiger partial charge in [0.25, 0.3) is 0 Å². The average Bonchev–Trinajstić information content (AvgIpc) is 2.33. The molecule has 0 unspecified atom stereocenters. The molecule has 1 aliphatic rings. The number of nitrogens with zero attached hydrogens (tertiary/aromatic N) is 2. The summed E-state index contributed by atoms with van der Waals surface area (Å²) in [5.74, 6) is 0. The number of pyridine rings is 1. The molecular weight excluding hydrogens is 270 g/mol. The van der Waals surface area contributed by atoms with Gasteiger partial charge in [-0.2, -0.15) is 0 Å². The van der Waals surface area contributed by atoms with E-state index < -0.39 is 0 Å². The van der Waals surface area contributed by atoms with E-state index >= 15 is 0 Å². The molecule has 0 radical (unpaired) electrons. The lowest BCUT2D eigenvalue weighted by Gasteiger charge is -2.26. The van der Waals surface area contributed by atoms with Gasteiger partial charge in [-0.1, -0.05) is 0 Å². The standard InChI is InChI=1S/C11H14BrN3O/c12-9-8-13-5-4-10(9)14-11(16)15-6-2-1-3-7-15/h4-5,8H,1-3,6-7H2,(H,13,14,16). The van der Waals surface area contributed by atoms with E-state index in [1.165, 1.54) is 6.42 Å². The number of nitrogens with one attached hydrogen (secondary N) is 1. The van der Waals surface area contributed by atoms with Crippen LogP contribution in [0.25, 0.3) is 0 Å². The molecule has 1 aromatic rings. The van der Waals surface area contributed by atoms with E-state index in [2.05, 4.69) is 26.2 Å². The highest BCUT2D eigenvalue weighted by Gasteiger charge is 2.16. The number of anilines is 1. The lowest BCUT2D eigenvalue weighted by molar-refractivity contribution is 0.200. The first-order chi connectivity index (χ1) is 7.77. The summed E-state index contributed by atoms with van der Waals surface area (Å²) >= 11 is 3.35. The van der Waals surface area contributed by atoms with Gasteiger partial charge in [-0.3, -0.25) is 4.98 Å². The second kappa shape index (κ2) is 5.30. The molecule has 0 aromatic carbocycles. The molecule has 0 aliphatic carbocycles. The molecule has 4 nitrogen and oxygen atoms in total. The van der Waals surface area contributed by atoms with Crippen LogP contribution in [0.15, 0.2) is 22.9 Å². The van der Waals surface area contributed by atoms with Gasteiger partial charge in [0.05, 0.1) is 10.2 Å². The highest BCUT2D eigenvalue weighted by molar-refractivity contribution is 9.10. The molecule has 2 rings (SSSR count). The Balaban J connectivity index is 1.99. The summed E-state index contributed by atoms with van der Waals surface area (Å²) in [6.45, 7) is 1.71. The Hall–Kier alpha value is -1.10. The van der Waals surface area contributed by atoms with Gasteiger partial charge in [-0.05, 0) is 41.3 Å². The number of hydrogen-bond donors (Lipinski definition) is 1. The molecular formula is C11H14BrN3O. The molecule has 86 valence electrons. The molecule has 1 aromatic heterocycles. The Morgan fingerprint density at radius 1 is 1.38 bits per heavy atom. The van der Waals surface area contributed by atoms with Gasteiger partial charge in [-0.25, -0.2) is 4.79 Å². The lowest BCUT2D eigenvalue weighted by Crippen LogP contribution is -2.38. The van der Waals surface area contributed by atoms with Crippen molar-refractivity contribution < 1.29 is 4.79 Å². The quantitative estimate of drug-likeness (QED) is 0.861. The Morgan fingerprint density at radius 3 is 2.81 bits per heavy atom. The first-order valence-corrected chi connectivity index (χ1v) is 6.22. The minimum Gasteiger partial charge on any atom is -0.325 e. The fraction of sp³-hybridized carbons (Fsp3) is 0.455. The van der Waals surface area contributed by atoms with Gasteiger partial charge < -0.3 is 10.2 Å². The fourth-order valence-electron chi connectivity index (χ4n) is 1.77. The number of carbonyl (C=O) groups excluding carboxylic acids is 1. The van der Waals surface area contributed by atoms with Crippen LogP contribution in [0.5, 0.6) is 0 Å². The molecule has 5 heteroatoms. The van der Waals surface area contributed by atoms with Crippen molar-refractivity contribution in [2.24, 2.45) is 0 Å². The monoisotopic (exact) mass is 283 g/mol. The third-order valence-corrected chi connectivity index (χ3v) is 3.29. The van der Waals surface area contributed by atoms with E-state index in [0.717, 1.165) is 36.1 Å². The van der Waals surface area contributed by atoms with Crippen LogP contribution in [0.4, 0.5) is 10.5 Å². The highest BCUT2D eigenvalue weighted by Crippen LogP contribution is 2.20. The minimum absolute atomic E-state index is 0.0217. The summed E-state index contributed by atoms with van der Waals surface area (Å²) in [7, 11) is 0. The number of urea groups is 1. The molecule has 2 amide bonds. The van der Waals surface area contributed by atoms with E-state index in [1.54, 1.807) is 18.5 Å². The summed E-state index contributed by atoms with van der Waals surface area (Å²) in [5, 5.41) is 2.88. The zero-order valence-electron chi connectivity index (χ0n) is 8.95. The second-order valence-corrected chi connectivity index (χ2v) is 4.69. The van der Waals surface area contributed by atoms with Crippen molar-refractivity contribution in [1.29, 1.82) is 0 Å². The zero-order chi connectivity index (χ0) is 11.4. The molecule has 1 aliphatic heterocycles. The third kappa shape index (κ3) is 2.72. The normalized spacial score (nSPS) is 15.9. The predicted octanol–water partition coefficient (Wildman–Crippen LogP) is 2.86. The third-order valence-electron chi connectivity index (χ3n) is 2.66. The molecule has 2 heterocycles. The van der Waals surface area contributed by atoms with Crippen LogP contribution in [0.1, 0.15) is 19.3 Å². The van der Waals surface area contributed by atoms with Gasteiger partial charge in [0.2, 0.25) is 0 Å². The number of likely N-dealkylation sites (tertiary alicyclic amines) is 1. The van der Waals surface area contributed by atoms with Crippen molar-refractivity contribution >= 4 is 27.6 Å². The number of rotatable bonds is 1. The number of aromatic nitrogens is 1. The van der Waals surface area contributed by atoms with Crippen LogP contribution < -0.4 is 5.32 Å². The Morgan fingerprint density at radius 2 is 2.12 bits per heavy atom. The molecule has 0 bridgehead atoms. The maximum absolute atomic E-state index is 11.9. The largest absolute Gasteiger partial charge is 0.325 e. The van der Waals surface area contributed by atoms with E-state index in [0.29, 0.717) is 0 Å². The topological polar surface area (TPSA) is 45.2 Å². The van der Waals surface area contributed by atoms with Gasteiger partial charge in [0.1, 0.15) is 0 Å². The van der Waals surface area contributed by atoms with Crippen molar-refractivity contribution in [3.8, 4) is 0 Å². The summed E-state index contributed by atoms with van der Waals surface area (Å²) in [6.07, 6.45) is 6.76. The highest BCUT2D eigenvalue weighted by atomic mass is 79.9. The van der Waals surface area contributed by atoms with E-state index in [-0.39, 0.29) is 6.03 Å². The fourth-order valence-corrected chi connectivity index (χ4v) is 2.12. The molecule has 16 heavy (non-hydrogen) atoms. The van der Waals surface area contributed by atoms with Gasteiger partial charge >= 0.3 is 6.03 Å². The van der Waals surface area contributed by atoms with Crippen LogP contribution >= 0.6 is 15.9 Å². The van der Waals surface area contributed by atoms with E-state index in [9.17, 15) is 4.79 Å². The Bertz CT molecular complexity index is 377. The summed E-state index contributed by atoms with van der Waals surface area (Å²) < 4.78 is 0.806. The zero-order valence-corrected chi connectivity index (χ0v) is 10.5. The first-order valence-electron chi connectivity index (χ1n) is 5.43. The van der Waals surface area contributed by atoms with Crippen molar-refractivity contribution in [1.82, 2.24) is 9.88 Å². The van der Waals surface area contributed by atoms with Crippen molar-refractivity contribution in [3.63, 3.8) is 0 Å². The molecule has 0 spiro atoms. The Kier molecular flexibility index (Phi) is 3.77. The van der Waals surface area contributed by atoms with Crippen LogP contribution in [0.3, 0.4) is 0 Å². The summed E-state index contributed by atoms with van der Waals surface area (Å²) in [4.78, 5) is 17.7. The molecule has 1 N–H and O–H groups in total. The van der Waals surface area contributed by atoms with Crippen molar-refractivity contribution in [2.45, 2.75) is 19.3 Å². The molecule has 0 atom stereocenters. The summed E-state index contributed by atoms with van der Waals surface area (Å²) in [5.41, 5.74) is 0.769. The lowest BCUT2D eigenvalue weighted by atomic mass is 10.1. The summed E-state index contributed by atoms with van der Waals surface area (Å²) in [6, 6.07) is 1.76. The number of carbonyl (C=O) groups is 1. The number of amides is 2. The van der Waals surface area contributed by atoms with E-state index in [1.807, 2.05) is 4.90 Å². The number of halogens is 1. The molecule has 0 saturated carbocycles. The van der Waals surface area contributed by atoms with Crippen LogP contribution in [0, 0.1) is 0 Å². The SMILES string of the molecule is O=C(Nc1ccncc1Br)N1CCCCC1. The van der Waals surface area contributed by atoms with E-state index in [4.69, 9.17) is 0 Å². The van der Waals surface area contributed by atoms with Crippen molar-refractivity contribution in [2.75, 3.05) is 18.4 Å². The van der Waals surface area contributed by atoms with Crippen LogP contribution in [-0.4, -0.2) is 29.0 Å². The molecule has 1 saturated heterocycles. The minimum atomic E-state index is -0.0217. The van der Waals surface area contributed by atoms with Crippen LogP contribution in [-0.2, 0) is 0 Å². The average molecular weight is 284 g/mol. The molecule has 1 fully saturated rings. The van der Waals surface area contributed by atoms with Gasteiger partial charge in [0, 0.05) is 25.5 Å². The smallest absolute Gasteiger partial charge is 0.321 e. The van der Waals surface area contributed by atoms with Crippen LogP contribution in [0.2, 0.25) is 0 Å².